The lowest BCUT2D eigenvalue weighted by Gasteiger charge is -2.19. The second-order valence-electron chi connectivity index (χ2n) is 9.57. The van der Waals surface area contributed by atoms with Gasteiger partial charge < -0.3 is 9.47 Å². The van der Waals surface area contributed by atoms with E-state index in [0.717, 1.165) is 19.3 Å². The van der Waals surface area contributed by atoms with E-state index in [2.05, 4.69) is 39.8 Å². The quantitative estimate of drug-likeness (QED) is 0.102. The van der Waals surface area contributed by atoms with Crippen molar-refractivity contribution in [3.63, 3.8) is 0 Å². The van der Waals surface area contributed by atoms with Crippen molar-refractivity contribution in [2.75, 3.05) is 0 Å². The maximum absolute atomic E-state index is 12.2. The first kappa shape index (κ1) is 30.0. The number of unbranched alkanes of at least 4 members (excludes halogenated alkanes) is 14. The van der Waals surface area contributed by atoms with Gasteiger partial charge in [0.15, 0.2) is 0 Å². The van der Waals surface area contributed by atoms with Gasteiger partial charge >= 0.3 is 6.16 Å². The van der Waals surface area contributed by atoms with Gasteiger partial charge in [0, 0.05) is 0 Å². The molecule has 31 heavy (non-hydrogen) atoms. The molecule has 3 nitrogen and oxygen atoms in total. The lowest BCUT2D eigenvalue weighted by Crippen LogP contribution is -2.24. The second-order valence-corrected chi connectivity index (χ2v) is 9.57. The molecule has 0 radical (unpaired) electrons. The Bertz CT molecular complexity index is 416. The molecular formula is C28H54O3. The van der Waals surface area contributed by atoms with Crippen LogP contribution in [0.2, 0.25) is 0 Å². The minimum atomic E-state index is -0.522. The molecule has 184 valence electrons. The van der Waals surface area contributed by atoms with Gasteiger partial charge in [-0.1, -0.05) is 117 Å². The fraction of sp³-hybridized carbons (Fsp3) is 0.893. The highest BCUT2D eigenvalue weighted by molar-refractivity contribution is 5.60. The fourth-order valence-corrected chi connectivity index (χ4v) is 3.58. The number of allylic oxidation sites excluding steroid dienone is 1. The average Bonchev–Trinajstić information content (AvgIpc) is 2.73. The maximum atomic E-state index is 12.2. The molecule has 0 aromatic carbocycles. The number of hydrogen-bond acceptors (Lipinski definition) is 3. The summed E-state index contributed by atoms with van der Waals surface area (Å²) in [6, 6.07) is 0. The van der Waals surface area contributed by atoms with E-state index >= 15 is 0 Å². The number of carbonyl (C=O) groups is 1. The van der Waals surface area contributed by atoms with Crippen molar-refractivity contribution >= 4 is 6.16 Å². The summed E-state index contributed by atoms with van der Waals surface area (Å²) in [5.74, 6) is 0.298. The average molecular weight is 439 g/mol. The summed E-state index contributed by atoms with van der Waals surface area (Å²) in [4.78, 5) is 12.2. The molecule has 0 saturated heterocycles. The normalized spacial score (nSPS) is 13.6. The van der Waals surface area contributed by atoms with Crippen LogP contribution in [0.25, 0.3) is 0 Å². The summed E-state index contributed by atoms with van der Waals surface area (Å²) in [7, 11) is 0. The van der Waals surface area contributed by atoms with Crippen molar-refractivity contribution in [3.05, 3.63) is 12.2 Å². The lowest BCUT2D eigenvalue weighted by atomic mass is 10.0. The van der Waals surface area contributed by atoms with Crippen LogP contribution in [0.3, 0.4) is 0 Å². The number of rotatable bonds is 21. The molecule has 0 aliphatic rings. The van der Waals surface area contributed by atoms with Gasteiger partial charge in [-0.25, -0.2) is 4.79 Å². The first-order chi connectivity index (χ1) is 15.0. The van der Waals surface area contributed by atoms with Crippen LogP contribution in [-0.2, 0) is 9.47 Å². The number of hydrogen-bond donors (Lipinski definition) is 0. The van der Waals surface area contributed by atoms with Gasteiger partial charge in [-0.3, -0.25) is 0 Å². The summed E-state index contributed by atoms with van der Waals surface area (Å²) in [6.45, 7) is 10.6. The van der Waals surface area contributed by atoms with E-state index in [1.54, 1.807) is 0 Å². The minimum Gasteiger partial charge on any atom is -0.431 e. The van der Waals surface area contributed by atoms with Crippen LogP contribution < -0.4 is 0 Å². The number of ether oxygens (including phenoxy) is 2. The zero-order valence-corrected chi connectivity index (χ0v) is 21.6. The van der Waals surface area contributed by atoms with Gasteiger partial charge in [-0.05, 0) is 44.6 Å². The third-order valence-electron chi connectivity index (χ3n) is 6.14. The Labute approximate surface area is 194 Å². The molecule has 2 atom stereocenters. The van der Waals surface area contributed by atoms with Crippen LogP contribution in [0.15, 0.2) is 12.2 Å². The van der Waals surface area contributed by atoms with E-state index in [9.17, 15) is 4.79 Å². The SMILES string of the molecule is CCCCCCCC/C=C\C(CCCCCCCCCCC)OC(=O)OC(C)C(C)C. The number of carbonyl (C=O) groups excluding carboxylic acids is 1. The lowest BCUT2D eigenvalue weighted by molar-refractivity contribution is -0.000258. The van der Waals surface area contributed by atoms with Gasteiger partial charge in [0.2, 0.25) is 0 Å². The molecule has 0 saturated carbocycles. The Hall–Kier alpha value is -0.990. The predicted octanol–water partition coefficient (Wildman–Crippen LogP) is 9.78. The van der Waals surface area contributed by atoms with Crippen LogP contribution in [0.1, 0.15) is 144 Å². The van der Waals surface area contributed by atoms with E-state index in [-0.39, 0.29) is 12.2 Å². The van der Waals surface area contributed by atoms with Crippen molar-refractivity contribution in [3.8, 4) is 0 Å². The minimum absolute atomic E-state index is 0.118. The molecule has 0 aliphatic carbocycles. The van der Waals surface area contributed by atoms with E-state index in [0.29, 0.717) is 5.92 Å². The second kappa shape index (κ2) is 22.2. The zero-order chi connectivity index (χ0) is 23.2. The smallest absolute Gasteiger partial charge is 0.431 e. The highest BCUT2D eigenvalue weighted by Gasteiger charge is 2.17. The molecule has 0 aromatic heterocycles. The Morgan fingerprint density at radius 2 is 1.16 bits per heavy atom. The molecule has 0 N–H and O–H groups in total. The third-order valence-corrected chi connectivity index (χ3v) is 6.14. The van der Waals surface area contributed by atoms with Crippen LogP contribution in [0.5, 0.6) is 0 Å². The topological polar surface area (TPSA) is 35.5 Å². The van der Waals surface area contributed by atoms with Crippen molar-refractivity contribution in [2.24, 2.45) is 5.92 Å². The summed E-state index contributed by atoms with van der Waals surface area (Å²) in [6.07, 6.45) is 25.1. The Kier molecular flexibility index (Phi) is 21.5. The molecule has 3 heteroatoms. The van der Waals surface area contributed by atoms with Crippen LogP contribution in [0, 0.1) is 5.92 Å². The molecule has 0 rings (SSSR count). The Morgan fingerprint density at radius 3 is 1.68 bits per heavy atom. The Morgan fingerprint density at radius 1 is 0.677 bits per heavy atom. The molecule has 0 aromatic rings. The summed E-state index contributed by atoms with van der Waals surface area (Å²) in [5.41, 5.74) is 0. The van der Waals surface area contributed by atoms with Gasteiger partial charge in [0.1, 0.15) is 12.2 Å². The largest absolute Gasteiger partial charge is 0.509 e. The summed E-state index contributed by atoms with van der Waals surface area (Å²) < 4.78 is 11.1. The molecule has 0 aliphatic heterocycles. The van der Waals surface area contributed by atoms with Gasteiger partial charge in [-0.2, -0.15) is 0 Å². The van der Waals surface area contributed by atoms with E-state index < -0.39 is 6.16 Å². The predicted molar refractivity (Wildman–Crippen MR) is 135 cm³/mol. The van der Waals surface area contributed by atoms with Crippen molar-refractivity contribution in [1.82, 2.24) is 0 Å². The first-order valence-corrected chi connectivity index (χ1v) is 13.5. The molecule has 2 unspecified atom stereocenters. The van der Waals surface area contributed by atoms with Gasteiger partial charge in [0.05, 0.1) is 0 Å². The monoisotopic (exact) mass is 438 g/mol. The van der Waals surface area contributed by atoms with E-state index in [4.69, 9.17) is 9.47 Å². The van der Waals surface area contributed by atoms with Crippen LogP contribution >= 0.6 is 0 Å². The van der Waals surface area contributed by atoms with Crippen molar-refractivity contribution in [1.29, 1.82) is 0 Å². The third kappa shape index (κ3) is 20.7. The Balaban J connectivity index is 4.21. The molecule has 0 amide bonds. The van der Waals surface area contributed by atoms with Crippen LogP contribution in [-0.4, -0.2) is 18.4 Å². The van der Waals surface area contributed by atoms with Crippen LogP contribution in [0.4, 0.5) is 4.79 Å². The van der Waals surface area contributed by atoms with Gasteiger partial charge in [0.25, 0.3) is 0 Å². The maximum Gasteiger partial charge on any atom is 0.509 e. The first-order valence-electron chi connectivity index (χ1n) is 13.5. The summed E-state index contributed by atoms with van der Waals surface area (Å²) in [5, 5.41) is 0. The van der Waals surface area contributed by atoms with Crippen molar-refractivity contribution in [2.45, 2.75) is 156 Å². The molecule has 0 bridgehead atoms. The fourth-order valence-electron chi connectivity index (χ4n) is 3.58. The highest BCUT2D eigenvalue weighted by atomic mass is 16.7. The molecule has 0 heterocycles. The highest BCUT2D eigenvalue weighted by Crippen LogP contribution is 2.15. The standard InChI is InChI=1S/C28H54O3/c1-6-8-10-12-14-16-18-20-22-24-27(31-28(29)30-26(5)25(3)4)23-21-19-17-15-13-11-9-7-2/h21,23,25-27H,6-20,22,24H2,1-5H3/b23-21-. The van der Waals surface area contributed by atoms with E-state index in [1.807, 2.05) is 6.92 Å². The molecule has 0 fully saturated rings. The molecular weight excluding hydrogens is 384 g/mol. The van der Waals surface area contributed by atoms with E-state index in [1.165, 1.54) is 89.9 Å². The van der Waals surface area contributed by atoms with Crippen molar-refractivity contribution < 1.29 is 14.3 Å². The van der Waals surface area contributed by atoms with Gasteiger partial charge in [-0.15, -0.1) is 0 Å². The zero-order valence-electron chi connectivity index (χ0n) is 21.6. The summed E-state index contributed by atoms with van der Waals surface area (Å²) >= 11 is 0. The molecule has 0 spiro atoms.